The van der Waals surface area contributed by atoms with Crippen molar-refractivity contribution in [3.05, 3.63) is 22.4 Å². The molecule has 82 valence electrons. The Labute approximate surface area is 97.4 Å². The largest absolute Gasteiger partial charge is 0.339 e. The van der Waals surface area contributed by atoms with Crippen LogP contribution < -0.4 is 5.32 Å². The van der Waals surface area contributed by atoms with Crippen LogP contribution in [-0.4, -0.2) is 23.1 Å². The van der Waals surface area contributed by atoms with E-state index in [0.717, 1.165) is 0 Å². The lowest BCUT2D eigenvalue weighted by Crippen LogP contribution is -2.50. The van der Waals surface area contributed by atoms with Gasteiger partial charge >= 0.3 is 0 Å². The summed E-state index contributed by atoms with van der Waals surface area (Å²) in [5.41, 5.74) is -0.914. The Morgan fingerprint density at radius 3 is 2.67 bits per heavy atom. The van der Waals surface area contributed by atoms with Crippen molar-refractivity contribution in [2.75, 3.05) is 5.88 Å². The zero-order valence-corrected chi connectivity index (χ0v) is 10.1. The number of nitrogens with one attached hydrogen (secondary N) is 1. The third kappa shape index (κ3) is 3.04. The second-order valence-corrected chi connectivity index (χ2v) is 4.83. The summed E-state index contributed by atoms with van der Waals surface area (Å²) in [7, 11) is 0. The van der Waals surface area contributed by atoms with E-state index < -0.39 is 5.54 Å². The SMILES string of the molecule is CC(C)(NC(=O)c1cccs1)C(=O)CCl. The van der Waals surface area contributed by atoms with Gasteiger partial charge in [-0.1, -0.05) is 6.07 Å². The van der Waals surface area contributed by atoms with Gasteiger partial charge in [-0.15, -0.1) is 22.9 Å². The molecule has 0 saturated heterocycles. The van der Waals surface area contributed by atoms with Crippen LogP contribution in [0.5, 0.6) is 0 Å². The van der Waals surface area contributed by atoms with Crippen molar-refractivity contribution in [3.8, 4) is 0 Å². The van der Waals surface area contributed by atoms with Crippen molar-refractivity contribution in [1.29, 1.82) is 0 Å². The van der Waals surface area contributed by atoms with Crippen molar-refractivity contribution in [1.82, 2.24) is 5.32 Å². The standard InChI is InChI=1S/C10H12ClNO2S/c1-10(2,8(13)6-11)12-9(14)7-4-3-5-15-7/h3-5H,6H2,1-2H3,(H,12,14). The van der Waals surface area contributed by atoms with E-state index in [9.17, 15) is 9.59 Å². The highest BCUT2D eigenvalue weighted by Crippen LogP contribution is 2.12. The molecule has 0 aliphatic carbocycles. The third-order valence-electron chi connectivity index (χ3n) is 1.99. The Hall–Kier alpha value is -0.870. The van der Waals surface area contributed by atoms with Gasteiger partial charge in [-0.05, 0) is 25.3 Å². The van der Waals surface area contributed by atoms with Gasteiger partial charge in [0, 0.05) is 0 Å². The molecular formula is C10H12ClNO2S. The van der Waals surface area contributed by atoms with Crippen molar-refractivity contribution in [3.63, 3.8) is 0 Å². The molecule has 1 amide bonds. The maximum Gasteiger partial charge on any atom is 0.262 e. The number of rotatable bonds is 4. The van der Waals surface area contributed by atoms with E-state index in [1.165, 1.54) is 11.3 Å². The van der Waals surface area contributed by atoms with Crippen LogP contribution >= 0.6 is 22.9 Å². The topological polar surface area (TPSA) is 46.2 Å². The first-order valence-electron chi connectivity index (χ1n) is 4.42. The predicted molar refractivity (Wildman–Crippen MR) is 61.6 cm³/mol. The molecule has 3 nitrogen and oxygen atoms in total. The van der Waals surface area contributed by atoms with E-state index in [-0.39, 0.29) is 17.6 Å². The number of carbonyl (C=O) groups is 2. The molecule has 0 atom stereocenters. The molecule has 0 fully saturated rings. The minimum atomic E-state index is -0.914. The zero-order valence-electron chi connectivity index (χ0n) is 8.54. The zero-order chi connectivity index (χ0) is 11.5. The summed E-state index contributed by atoms with van der Waals surface area (Å²) < 4.78 is 0. The molecule has 0 aliphatic heterocycles. The van der Waals surface area contributed by atoms with Gasteiger partial charge in [-0.2, -0.15) is 0 Å². The van der Waals surface area contributed by atoms with Gasteiger partial charge in [-0.25, -0.2) is 0 Å². The fraction of sp³-hybridized carbons (Fsp3) is 0.400. The van der Waals surface area contributed by atoms with E-state index in [0.29, 0.717) is 4.88 Å². The molecule has 1 heterocycles. The lowest BCUT2D eigenvalue weighted by Gasteiger charge is -2.23. The molecular weight excluding hydrogens is 234 g/mol. The molecule has 15 heavy (non-hydrogen) atoms. The predicted octanol–water partition coefficient (Wildman–Crippen LogP) is 2.06. The summed E-state index contributed by atoms with van der Waals surface area (Å²) >= 11 is 6.78. The molecule has 5 heteroatoms. The van der Waals surface area contributed by atoms with Gasteiger partial charge in [0.05, 0.1) is 16.3 Å². The minimum Gasteiger partial charge on any atom is -0.339 e. The number of Topliss-reactive ketones (excluding diaryl/α,β-unsaturated/α-hetero) is 1. The van der Waals surface area contributed by atoms with Crippen LogP contribution in [0.4, 0.5) is 0 Å². The molecule has 0 spiro atoms. The van der Waals surface area contributed by atoms with Gasteiger partial charge in [0.2, 0.25) is 0 Å². The number of hydrogen-bond acceptors (Lipinski definition) is 3. The highest BCUT2D eigenvalue weighted by Gasteiger charge is 2.28. The summed E-state index contributed by atoms with van der Waals surface area (Å²) in [4.78, 5) is 23.6. The van der Waals surface area contributed by atoms with E-state index in [1.807, 2.05) is 5.38 Å². The monoisotopic (exact) mass is 245 g/mol. The van der Waals surface area contributed by atoms with Crippen LogP contribution in [0.25, 0.3) is 0 Å². The number of carbonyl (C=O) groups excluding carboxylic acids is 2. The fourth-order valence-corrected chi connectivity index (χ4v) is 1.94. The summed E-state index contributed by atoms with van der Waals surface area (Å²) in [6.45, 7) is 3.28. The van der Waals surface area contributed by atoms with E-state index >= 15 is 0 Å². The molecule has 1 aromatic rings. The molecule has 0 aromatic carbocycles. The average molecular weight is 246 g/mol. The Bertz CT molecular complexity index is 360. The summed E-state index contributed by atoms with van der Waals surface area (Å²) in [6, 6.07) is 3.50. The summed E-state index contributed by atoms with van der Waals surface area (Å²) in [5.74, 6) is -0.542. The van der Waals surface area contributed by atoms with Gasteiger partial charge in [0.1, 0.15) is 0 Å². The van der Waals surface area contributed by atoms with Gasteiger partial charge < -0.3 is 5.32 Å². The third-order valence-corrected chi connectivity index (χ3v) is 3.10. The number of amides is 1. The van der Waals surface area contributed by atoms with Crippen molar-refractivity contribution in [2.24, 2.45) is 0 Å². The lowest BCUT2D eigenvalue weighted by atomic mass is 10.0. The fourth-order valence-electron chi connectivity index (χ4n) is 0.990. The molecule has 1 rings (SSSR count). The highest BCUT2D eigenvalue weighted by molar-refractivity contribution is 7.12. The second kappa shape index (κ2) is 4.77. The van der Waals surface area contributed by atoms with Crippen LogP contribution in [0.15, 0.2) is 17.5 Å². The number of halogens is 1. The molecule has 0 saturated carbocycles. The van der Waals surface area contributed by atoms with E-state index in [1.54, 1.807) is 26.0 Å². The van der Waals surface area contributed by atoms with Gasteiger partial charge in [-0.3, -0.25) is 9.59 Å². The summed E-state index contributed by atoms with van der Waals surface area (Å²) in [6.07, 6.45) is 0. The molecule has 1 N–H and O–H groups in total. The van der Waals surface area contributed by atoms with Crippen LogP contribution in [0, 0.1) is 0 Å². The smallest absolute Gasteiger partial charge is 0.262 e. The molecule has 0 aliphatic rings. The summed E-state index contributed by atoms with van der Waals surface area (Å²) in [5, 5.41) is 4.46. The number of ketones is 1. The van der Waals surface area contributed by atoms with Crippen molar-refractivity contribution >= 4 is 34.6 Å². The van der Waals surface area contributed by atoms with Gasteiger partial charge in [0.25, 0.3) is 5.91 Å². The first-order valence-corrected chi connectivity index (χ1v) is 5.84. The van der Waals surface area contributed by atoms with E-state index in [2.05, 4.69) is 5.32 Å². The van der Waals surface area contributed by atoms with Crippen LogP contribution in [0.3, 0.4) is 0 Å². The molecule has 0 unspecified atom stereocenters. The maximum atomic E-state index is 11.6. The number of alkyl halides is 1. The van der Waals surface area contributed by atoms with E-state index in [4.69, 9.17) is 11.6 Å². The minimum absolute atomic E-state index is 0.0995. The van der Waals surface area contributed by atoms with Gasteiger partial charge in [0.15, 0.2) is 5.78 Å². The average Bonchev–Trinajstić information content (AvgIpc) is 2.68. The second-order valence-electron chi connectivity index (χ2n) is 3.61. The first-order chi connectivity index (χ1) is 6.97. The highest BCUT2D eigenvalue weighted by atomic mass is 35.5. The van der Waals surface area contributed by atoms with Crippen LogP contribution in [0.1, 0.15) is 23.5 Å². The quantitative estimate of drug-likeness (QED) is 0.826. The normalized spacial score (nSPS) is 11.1. The molecule has 0 radical (unpaired) electrons. The Morgan fingerprint density at radius 2 is 2.20 bits per heavy atom. The molecule has 1 aromatic heterocycles. The Kier molecular flexibility index (Phi) is 3.88. The Balaban J connectivity index is 2.70. The van der Waals surface area contributed by atoms with Crippen LogP contribution in [0.2, 0.25) is 0 Å². The lowest BCUT2D eigenvalue weighted by molar-refractivity contribution is -0.121. The number of hydrogen-bond donors (Lipinski definition) is 1. The maximum absolute atomic E-state index is 11.6. The Morgan fingerprint density at radius 1 is 1.53 bits per heavy atom. The van der Waals surface area contributed by atoms with Crippen molar-refractivity contribution in [2.45, 2.75) is 19.4 Å². The van der Waals surface area contributed by atoms with Crippen LogP contribution in [-0.2, 0) is 4.79 Å². The van der Waals surface area contributed by atoms with Crippen molar-refractivity contribution < 1.29 is 9.59 Å². The first kappa shape index (κ1) is 12.2. The number of thiophene rings is 1. The molecule has 0 bridgehead atoms.